The van der Waals surface area contributed by atoms with Crippen LogP contribution in [-0.4, -0.2) is 33.8 Å². The first kappa shape index (κ1) is 22.1. The van der Waals surface area contributed by atoms with E-state index in [0.717, 1.165) is 23.9 Å². The van der Waals surface area contributed by atoms with Crippen molar-refractivity contribution in [3.05, 3.63) is 35.7 Å². The molecule has 1 amide bonds. The molecule has 2 aromatic rings. The zero-order chi connectivity index (χ0) is 23.1. The van der Waals surface area contributed by atoms with E-state index in [2.05, 4.69) is 9.58 Å². The Morgan fingerprint density at radius 3 is 2.50 bits per heavy atom. The highest BCUT2D eigenvalue weighted by Crippen LogP contribution is 2.53. The lowest BCUT2D eigenvalue weighted by Gasteiger charge is -2.55. The second kappa shape index (κ2) is 9.01. The number of ether oxygens (including phenoxy) is 1. The third-order valence-electron chi connectivity index (χ3n) is 9.22. The normalized spacial score (nSPS) is 26.7. The zero-order valence-corrected chi connectivity index (χ0v) is 20.5. The van der Waals surface area contributed by atoms with Crippen LogP contribution in [-0.2, 0) is 5.54 Å². The van der Waals surface area contributed by atoms with E-state index in [0.29, 0.717) is 17.4 Å². The number of benzene rings is 1. The van der Waals surface area contributed by atoms with E-state index in [1.165, 1.54) is 83.5 Å². The Labute approximate surface area is 203 Å². The molecule has 2 heterocycles. The van der Waals surface area contributed by atoms with E-state index in [4.69, 9.17) is 14.8 Å². The van der Waals surface area contributed by atoms with Crippen LogP contribution in [0.4, 0.5) is 5.95 Å². The summed E-state index contributed by atoms with van der Waals surface area (Å²) < 4.78 is 7.72. The summed E-state index contributed by atoms with van der Waals surface area (Å²) in [4.78, 5) is 21.4. The molecule has 1 aromatic carbocycles. The molecule has 2 atom stereocenters. The fourth-order valence-electron chi connectivity index (χ4n) is 7.54. The van der Waals surface area contributed by atoms with Gasteiger partial charge in [-0.1, -0.05) is 57.4 Å². The van der Waals surface area contributed by atoms with E-state index in [1.807, 2.05) is 24.3 Å². The average molecular weight is 463 g/mol. The van der Waals surface area contributed by atoms with Gasteiger partial charge in [0.1, 0.15) is 5.75 Å². The van der Waals surface area contributed by atoms with Gasteiger partial charge in [-0.3, -0.25) is 9.69 Å². The SMILES string of the molecule is COc1cccc(C(=O)N2c3nc(C4CCCCC4)nn3C3(CCCCC3)C3CCCCC32)c1. The fourth-order valence-corrected chi connectivity index (χ4v) is 7.54. The summed E-state index contributed by atoms with van der Waals surface area (Å²) in [6.45, 7) is 0. The number of carbonyl (C=O) groups is 1. The lowest BCUT2D eigenvalue weighted by molar-refractivity contribution is 0.0309. The van der Waals surface area contributed by atoms with Crippen molar-refractivity contribution < 1.29 is 9.53 Å². The number of fused-ring (bicyclic) bond motifs is 4. The maximum atomic E-state index is 14.1. The van der Waals surface area contributed by atoms with Gasteiger partial charge in [-0.25, -0.2) is 4.68 Å². The van der Waals surface area contributed by atoms with Crippen LogP contribution in [0.25, 0.3) is 0 Å². The Kier molecular flexibility index (Phi) is 5.86. The zero-order valence-electron chi connectivity index (χ0n) is 20.5. The molecule has 182 valence electrons. The molecule has 6 nitrogen and oxygen atoms in total. The minimum atomic E-state index is 0.0315. The quantitative estimate of drug-likeness (QED) is 0.544. The fraction of sp³-hybridized carbons (Fsp3) is 0.679. The standard InChI is InChI=1S/C28H38N4O2/c1-34-22-14-10-13-21(19-22)26(33)31-24-16-7-6-15-23(24)28(17-8-3-9-18-28)32-27(31)29-25(30-32)20-11-4-2-5-12-20/h10,13-14,19-20,23-24H,2-9,11-12,15-18H2,1H3. The molecule has 3 fully saturated rings. The predicted octanol–water partition coefficient (Wildman–Crippen LogP) is 6.21. The van der Waals surface area contributed by atoms with Crippen LogP contribution in [0.1, 0.15) is 112 Å². The number of carbonyl (C=O) groups excluding carboxylic acids is 1. The van der Waals surface area contributed by atoms with Crippen molar-refractivity contribution in [2.75, 3.05) is 12.0 Å². The molecule has 4 aliphatic rings. The maximum Gasteiger partial charge on any atom is 0.261 e. The van der Waals surface area contributed by atoms with Gasteiger partial charge >= 0.3 is 0 Å². The first-order valence-corrected chi connectivity index (χ1v) is 13.7. The van der Waals surface area contributed by atoms with E-state index in [1.54, 1.807) is 7.11 Å². The number of hydrogen-bond donors (Lipinski definition) is 0. The molecule has 2 unspecified atom stereocenters. The Morgan fingerprint density at radius 1 is 0.971 bits per heavy atom. The molecule has 3 aliphatic carbocycles. The molecule has 6 rings (SSSR count). The maximum absolute atomic E-state index is 14.1. The van der Waals surface area contributed by atoms with Gasteiger partial charge in [-0.15, -0.1) is 0 Å². The van der Waals surface area contributed by atoms with Gasteiger partial charge < -0.3 is 4.74 Å². The van der Waals surface area contributed by atoms with Gasteiger partial charge in [0.25, 0.3) is 5.91 Å². The Hall–Kier alpha value is -2.37. The highest BCUT2D eigenvalue weighted by Gasteiger charge is 2.55. The summed E-state index contributed by atoms with van der Waals surface area (Å²) >= 11 is 0. The number of nitrogens with zero attached hydrogens (tertiary/aromatic N) is 4. The van der Waals surface area contributed by atoms with Gasteiger partial charge in [0.15, 0.2) is 5.82 Å². The largest absolute Gasteiger partial charge is 0.497 e. The molecule has 6 heteroatoms. The lowest BCUT2D eigenvalue weighted by Crippen LogP contribution is -2.61. The summed E-state index contributed by atoms with van der Waals surface area (Å²) in [5.74, 6) is 3.47. The first-order chi connectivity index (χ1) is 16.7. The highest BCUT2D eigenvalue weighted by atomic mass is 16.5. The number of aromatic nitrogens is 3. The van der Waals surface area contributed by atoms with Crippen molar-refractivity contribution >= 4 is 11.9 Å². The van der Waals surface area contributed by atoms with Crippen molar-refractivity contribution in [2.45, 2.75) is 107 Å². The molecule has 0 N–H and O–H groups in total. The van der Waals surface area contributed by atoms with Crippen molar-refractivity contribution in [3.63, 3.8) is 0 Å². The third-order valence-corrected chi connectivity index (χ3v) is 9.22. The van der Waals surface area contributed by atoms with Gasteiger partial charge in [0.2, 0.25) is 5.95 Å². The van der Waals surface area contributed by atoms with Crippen LogP contribution >= 0.6 is 0 Å². The number of amides is 1. The molecule has 1 spiro atoms. The lowest BCUT2D eigenvalue weighted by atomic mass is 9.64. The van der Waals surface area contributed by atoms with Gasteiger partial charge in [-0.2, -0.15) is 10.1 Å². The summed E-state index contributed by atoms with van der Waals surface area (Å²) in [6, 6.07) is 7.80. The molecule has 34 heavy (non-hydrogen) atoms. The molecular weight excluding hydrogens is 424 g/mol. The molecule has 3 saturated carbocycles. The van der Waals surface area contributed by atoms with E-state index in [9.17, 15) is 4.79 Å². The van der Waals surface area contributed by atoms with Gasteiger partial charge in [0, 0.05) is 23.4 Å². The first-order valence-electron chi connectivity index (χ1n) is 13.7. The monoisotopic (exact) mass is 462 g/mol. The van der Waals surface area contributed by atoms with Crippen LogP contribution in [0.2, 0.25) is 0 Å². The number of anilines is 1. The average Bonchev–Trinajstić information content (AvgIpc) is 3.36. The van der Waals surface area contributed by atoms with E-state index >= 15 is 0 Å². The summed E-state index contributed by atoms with van der Waals surface area (Å²) in [7, 11) is 1.65. The molecule has 1 aliphatic heterocycles. The highest BCUT2D eigenvalue weighted by molar-refractivity contribution is 6.06. The second-order valence-electron chi connectivity index (χ2n) is 11.0. The molecule has 0 saturated heterocycles. The predicted molar refractivity (Wildman–Crippen MR) is 132 cm³/mol. The minimum Gasteiger partial charge on any atom is -0.497 e. The Balaban J connectivity index is 1.49. The molecular formula is C28H38N4O2. The summed E-state index contributed by atoms with van der Waals surface area (Å²) in [5, 5.41) is 5.29. The molecule has 0 bridgehead atoms. The van der Waals surface area contributed by atoms with Crippen LogP contribution in [0, 0.1) is 5.92 Å². The smallest absolute Gasteiger partial charge is 0.261 e. The number of rotatable bonds is 3. The van der Waals surface area contributed by atoms with Crippen molar-refractivity contribution in [3.8, 4) is 5.75 Å². The third kappa shape index (κ3) is 3.56. The van der Waals surface area contributed by atoms with Crippen molar-refractivity contribution in [1.29, 1.82) is 0 Å². The van der Waals surface area contributed by atoms with Crippen molar-refractivity contribution in [2.24, 2.45) is 5.92 Å². The summed E-state index contributed by atoms with van der Waals surface area (Å²) in [6.07, 6.45) is 17.0. The molecule has 1 aromatic heterocycles. The van der Waals surface area contributed by atoms with Crippen LogP contribution in [0.3, 0.4) is 0 Å². The minimum absolute atomic E-state index is 0.0315. The summed E-state index contributed by atoms with van der Waals surface area (Å²) in [5.41, 5.74) is 0.709. The number of hydrogen-bond acceptors (Lipinski definition) is 4. The second-order valence-corrected chi connectivity index (χ2v) is 11.0. The topological polar surface area (TPSA) is 60.2 Å². The van der Waals surface area contributed by atoms with Gasteiger partial charge in [0.05, 0.1) is 12.6 Å². The van der Waals surface area contributed by atoms with E-state index in [-0.39, 0.29) is 17.5 Å². The van der Waals surface area contributed by atoms with E-state index < -0.39 is 0 Å². The Bertz CT molecular complexity index is 1030. The van der Waals surface area contributed by atoms with Crippen LogP contribution < -0.4 is 9.64 Å². The Morgan fingerprint density at radius 2 is 1.71 bits per heavy atom. The van der Waals surface area contributed by atoms with Crippen LogP contribution in [0.5, 0.6) is 5.75 Å². The molecule has 0 radical (unpaired) electrons. The van der Waals surface area contributed by atoms with Gasteiger partial charge in [-0.05, 0) is 56.7 Å². The van der Waals surface area contributed by atoms with Crippen LogP contribution in [0.15, 0.2) is 24.3 Å². The number of methoxy groups -OCH3 is 1. The van der Waals surface area contributed by atoms with Crippen molar-refractivity contribution in [1.82, 2.24) is 14.8 Å².